The monoisotopic (exact) mass is 355 g/mol. The van der Waals surface area contributed by atoms with Crippen LogP contribution in [0.2, 0.25) is 0 Å². The van der Waals surface area contributed by atoms with E-state index < -0.39 is 0 Å². The Hall–Kier alpha value is 0.190. The van der Waals surface area contributed by atoms with Crippen LogP contribution in [-0.2, 0) is 0 Å². The van der Waals surface area contributed by atoms with E-state index in [1.165, 1.54) is 3.57 Å². The lowest BCUT2D eigenvalue weighted by Gasteiger charge is -2.12. The fraction of sp³-hybridized carbons (Fsp3) is 0.333. The summed E-state index contributed by atoms with van der Waals surface area (Å²) in [6.45, 7) is 2.08. The van der Waals surface area contributed by atoms with Crippen LogP contribution in [0.3, 0.4) is 0 Å². The first-order chi connectivity index (χ1) is 6.13. The predicted octanol–water partition coefficient (Wildman–Crippen LogP) is 2.85. The van der Waals surface area contributed by atoms with Gasteiger partial charge in [-0.1, -0.05) is 0 Å². The van der Waals surface area contributed by atoms with Gasteiger partial charge in [0.05, 0.1) is 6.61 Å². The number of aliphatic hydroxyl groups excluding tert-OH is 1. The molecule has 0 amide bonds. The molecule has 0 aliphatic carbocycles. The Bertz CT molecular complexity index is 293. The van der Waals surface area contributed by atoms with Crippen molar-refractivity contribution in [1.82, 2.24) is 0 Å². The zero-order valence-corrected chi connectivity index (χ0v) is 11.0. The maximum atomic E-state index is 8.84. The normalized spacial score (nSPS) is 12.6. The highest BCUT2D eigenvalue weighted by Gasteiger charge is 2.01. The SMILES string of the molecule is CC(CO)Nc1ccc(I)c(Br)c1. The number of aliphatic hydroxyl groups is 1. The number of benzene rings is 1. The fourth-order valence-electron chi connectivity index (χ4n) is 0.916. The lowest BCUT2D eigenvalue weighted by molar-refractivity contribution is 0.281. The molecule has 0 saturated carbocycles. The Balaban J connectivity index is 2.73. The summed E-state index contributed by atoms with van der Waals surface area (Å²) in [4.78, 5) is 0. The molecule has 1 unspecified atom stereocenters. The average molecular weight is 356 g/mol. The minimum atomic E-state index is 0.0898. The second-order valence-electron chi connectivity index (χ2n) is 2.86. The molecule has 0 heterocycles. The molecule has 0 fully saturated rings. The van der Waals surface area contributed by atoms with Crippen molar-refractivity contribution in [2.45, 2.75) is 13.0 Å². The average Bonchev–Trinajstić information content (AvgIpc) is 2.11. The van der Waals surface area contributed by atoms with Gasteiger partial charge in [0.25, 0.3) is 0 Å². The minimum Gasteiger partial charge on any atom is -0.394 e. The van der Waals surface area contributed by atoms with Gasteiger partial charge in [0.1, 0.15) is 0 Å². The van der Waals surface area contributed by atoms with Crippen molar-refractivity contribution in [3.63, 3.8) is 0 Å². The molecule has 13 heavy (non-hydrogen) atoms. The molecule has 1 rings (SSSR count). The summed E-state index contributed by atoms with van der Waals surface area (Å²) in [5.74, 6) is 0. The minimum absolute atomic E-state index is 0.0898. The van der Waals surface area contributed by atoms with Crippen molar-refractivity contribution < 1.29 is 5.11 Å². The Morgan fingerprint density at radius 3 is 2.85 bits per heavy atom. The molecule has 2 nitrogen and oxygen atoms in total. The van der Waals surface area contributed by atoms with E-state index in [1.54, 1.807) is 0 Å². The van der Waals surface area contributed by atoms with Crippen LogP contribution in [0.25, 0.3) is 0 Å². The molecule has 1 atom stereocenters. The highest BCUT2D eigenvalue weighted by atomic mass is 127. The molecule has 0 aliphatic heterocycles. The highest BCUT2D eigenvalue weighted by Crippen LogP contribution is 2.23. The van der Waals surface area contributed by atoms with Gasteiger partial charge in [-0.2, -0.15) is 0 Å². The predicted molar refractivity (Wildman–Crippen MR) is 67.0 cm³/mol. The van der Waals surface area contributed by atoms with E-state index in [9.17, 15) is 0 Å². The molecule has 0 aromatic heterocycles. The molecule has 1 aromatic carbocycles. The van der Waals surface area contributed by atoms with E-state index >= 15 is 0 Å². The zero-order chi connectivity index (χ0) is 9.84. The Labute approximate surface area is 100.0 Å². The zero-order valence-electron chi connectivity index (χ0n) is 7.22. The number of rotatable bonds is 3. The lowest BCUT2D eigenvalue weighted by Crippen LogP contribution is -2.19. The Kier molecular flexibility index (Phi) is 4.48. The third-order valence-corrected chi connectivity index (χ3v) is 3.94. The molecule has 0 saturated heterocycles. The first kappa shape index (κ1) is 11.3. The maximum absolute atomic E-state index is 8.84. The molecule has 1 aromatic rings. The smallest absolute Gasteiger partial charge is 0.0630 e. The topological polar surface area (TPSA) is 32.3 Å². The van der Waals surface area contributed by atoms with Crippen LogP contribution >= 0.6 is 38.5 Å². The number of nitrogens with one attached hydrogen (secondary N) is 1. The summed E-state index contributed by atoms with van der Waals surface area (Å²) < 4.78 is 2.25. The van der Waals surface area contributed by atoms with Crippen LogP contribution in [0.15, 0.2) is 22.7 Å². The summed E-state index contributed by atoms with van der Waals surface area (Å²) in [6, 6.07) is 6.12. The molecule has 72 valence electrons. The van der Waals surface area contributed by atoms with E-state index in [0.29, 0.717) is 0 Å². The van der Waals surface area contributed by atoms with Gasteiger partial charge in [0.2, 0.25) is 0 Å². The first-order valence-electron chi connectivity index (χ1n) is 3.96. The van der Waals surface area contributed by atoms with Crippen molar-refractivity contribution in [2.24, 2.45) is 0 Å². The Morgan fingerprint density at radius 2 is 2.31 bits per heavy atom. The molecular weight excluding hydrogens is 345 g/mol. The Morgan fingerprint density at radius 1 is 1.62 bits per heavy atom. The summed E-state index contributed by atoms with van der Waals surface area (Å²) in [5.41, 5.74) is 1.02. The number of hydrogen-bond acceptors (Lipinski definition) is 2. The van der Waals surface area contributed by atoms with Gasteiger partial charge in [-0.05, 0) is 63.6 Å². The lowest BCUT2D eigenvalue weighted by atomic mass is 10.3. The van der Waals surface area contributed by atoms with Crippen LogP contribution in [0, 0.1) is 3.57 Å². The van der Waals surface area contributed by atoms with Gasteiger partial charge in [0, 0.05) is 19.8 Å². The fourth-order valence-corrected chi connectivity index (χ4v) is 1.63. The number of anilines is 1. The van der Waals surface area contributed by atoms with E-state index in [0.717, 1.165) is 10.2 Å². The molecule has 0 radical (unpaired) electrons. The second-order valence-corrected chi connectivity index (χ2v) is 4.87. The second kappa shape index (κ2) is 5.17. The van der Waals surface area contributed by atoms with Crippen molar-refractivity contribution in [3.05, 3.63) is 26.2 Å². The summed E-state index contributed by atoms with van der Waals surface area (Å²) in [6.07, 6.45) is 0. The van der Waals surface area contributed by atoms with Gasteiger partial charge < -0.3 is 10.4 Å². The van der Waals surface area contributed by atoms with Gasteiger partial charge >= 0.3 is 0 Å². The van der Waals surface area contributed by atoms with E-state index in [-0.39, 0.29) is 12.6 Å². The van der Waals surface area contributed by atoms with E-state index in [4.69, 9.17) is 5.11 Å². The number of hydrogen-bond donors (Lipinski definition) is 2. The summed E-state index contributed by atoms with van der Waals surface area (Å²) in [5, 5.41) is 12.0. The molecule has 4 heteroatoms. The maximum Gasteiger partial charge on any atom is 0.0630 e. The van der Waals surface area contributed by atoms with Crippen LogP contribution in [0.1, 0.15) is 6.92 Å². The largest absolute Gasteiger partial charge is 0.394 e. The standard InChI is InChI=1S/C9H11BrINO/c1-6(5-13)12-7-2-3-9(11)8(10)4-7/h2-4,6,12-13H,5H2,1H3. The molecule has 0 spiro atoms. The van der Waals surface area contributed by atoms with E-state index in [2.05, 4.69) is 43.8 Å². The van der Waals surface area contributed by atoms with Crippen molar-refractivity contribution >= 4 is 44.2 Å². The first-order valence-corrected chi connectivity index (χ1v) is 5.83. The summed E-state index contributed by atoms with van der Waals surface area (Å²) in [7, 11) is 0. The quantitative estimate of drug-likeness (QED) is 0.817. The summed E-state index contributed by atoms with van der Waals surface area (Å²) >= 11 is 5.71. The highest BCUT2D eigenvalue weighted by molar-refractivity contribution is 14.1. The van der Waals surface area contributed by atoms with Crippen LogP contribution in [0.5, 0.6) is 0 Å². The van der Waals surface area contributed by atoms with Crippen LogP contribution in [0.4, 0.5) is 5.69 Å². The molecule has 2 N–H and O–H groups in total. The number of halogens is 2. The molecular formula is C9H11BrINO. The van der Waals surface area contributed by atoms with Gasteiger partial charge in [-0.3, -0.25) is 0 Å². The van der Waals surface area contributed by atoms with Gasteiger partial charge in [-0.25, -0.2) is 0 Å². The van der Waals surface area contributed by atoms with Crippen molar-refractivity contribution in [1.29, 1.82) is 0 Å². The van der Waals surface area contributed by atoms with Gasteiger partial charge in [0.15, 0.2) is 0 Å². The molecule has 0 bridgehead atoms. The third-order valence-electron chi connectivity index (χ3n) is 1.61. The van der Waals surface area contributed by atoms with E-state index in [1.807, 2.05) is 25.1 Å². The van der Waals surface area contributed by atoms with Crippen LogP contribution in [-0.4, -0.2) is 17.8 Å². The van der Waals surface area contributed by atoms with Crippen molar-refractivity contribution in [2.75, 3.05) is 11.9 Å². The molecule has 0 aliphatic rings. The third kappa shape index (κ3) is 3.44. The van der Waals surface area contributed by atoms with Crippen LogP contribution < -0.4 is 5.32 Å². The van der Waals surface area contributed by atoms with Crippen molar-refractivity contribution in [3.8, 4) is 0 Å². The van der Waals surface area contributed by atoms with Gasteiger partial charge in [-0.15, -0.1) is 0 Å².